The molecule has 1 aromatic heterocycles. The van der Waals surface area contributed by atoms with Crippen molar-refractivity contribution in [2.45, 2.75) is 39.2 Å². The van der Waals surface area contributed by atoms with Crippen molar-refractivity contribution >= 4 is 23.1 Å². The summed E-state index contributed by atoms with van der Waals surface area (Å²) in [5.41, 5.74) is 1.27. The first kappa shape index (κ1) is 14.0. The maximum absolute atomic E-state index is 4.73. The van der Waals surface area contributed by atoms with Crippen molar-refractivity contribution in [3.63, 3.8) is 0 Å². The number of aryl methyl sites for hydroxylation is 2. The van der Waals surface area contributed by atoms with E-state index >= 15 is 0 Å². The van der Waals surface area contributed by atoms with Crippen molar-refractivity contribution in [2.24, 2.45) is 0 Å². The summed E-state index contributed by atoms with van der Waals surface area (Å²) in [6.45, 7) is 4.35. The lowest BCUT2D eigenvalue weighted by molar-refractivity contribution is 0.540. The predicted molar refractivity (Wildman–Crippen MR) is 75.6 cm³/mol. The monoisotopic (exact) mass is 258 g/mol. The van der Waals surface area contributed by atoms with Gasteiger partial charge in [0.2, 0.25) is 0 Å². The van der Waals surface area contributed by atoms with Gasteiger partial charge in [0.1, 0.15) is 5.01 Å². The van der Waals surface area contributed by atoms with E-state index in [2.05, 4.69) is 25.4 Å². The number of hydrogen-bond donors (Lipinski definition) is 1. The van der Waals surface area contributed by atoms with Crippen molar-refractivity contribution in [1.29, 1.82) is 0 Å². The van der Waals surface area contributed by atoms with Crippen LogP contribution >= 0.6 is 23.1 Å². The molecule has 16 heavy (non-hydrogen) atoms. The molecular formula is C12H22N2S2. The van der Waals surface area contributed by atoms with Crippen LogP contribution < -0.4 is 5.32 Å². The highest BCUT2D eigenvalue weighted by Crippen LogP contribution is 2.26. The molecule has 0 aliphatic rings. The van der Waals surface area contributed by atoms with Crippen molar-refractivity contribution in [3.8, 4) is 0 Å². The van der Waals surface area contributed by atoms with E-state index in [1.54, 1.807) is 0 Å². The maximum Gasteiger partial charge on any atom is 0.110 e. The Balaban J connectivity index is 2.63. The summed E-state index contributed by atoms with van der Waals surface area (Å²) in [5.74, 6) is 1.24. The summed E-state index contributed by atoms with van der Waals surface area (Å²) in [4.78, 5) is 6.10. The van der Waals surface area contributed by atoms with Gasteiger partial charge in [-0.25, -0.2) is 4.98 Å². The summed E-state index contributed by atoms with van der Waals surface area (Å²) >= 11 is 3.77. The van der Waals surface area contributed by atoms with Crippen LogP contribution in [0.4, 0.5) is 0 Å². The summed E-state index contributed by atoms with van der Waals surface area (Å²) in [6.07, 6.45) is 5.65. The van der Waals surface area contributed by atoms with Gasteiger partial charge in [-0.3, -0.25) is 0 Å². The number of hydrogen-bond acceptors (Lipinski definition) is 4. The van der Waals surface area contributed by atoms with E-state index in [-0.39, 0.29) is 0 Å². The van der Waals surface area contributed by atoms with Crippen LogP contribution in [0.3, 0.4) is 0 Å². The molecule has 0 fully saturated rings. The highest BCUT2D eigenvalue weighted by molar-refractivity contribution is 7.98. The Labute approximate surface area is 107 Å². The molecule has 1 N–H and O–H groups in total. The number of thioether (sulfide) groups is 1. The molecule has 1 atom stereocenters. The molecule has 0 bridgehead atoms. The first-order valence-corrected chi connectivity index (χ1v) is 8.06. The lowest BCUT2D eigenvalue weighted by atomic mass is 10.2. The molecule has 0 amide bonds. The molecule has 0 aliphatic carbocycles. The minimum Gasteiger partial charge on any atom is -0.311 e. The number of nitrogens with zero attached hydrogens (tertiary/aromatic N) is 1. The van der Waals surface area contributed by atoms with Gasteiger partial charge in [-0.2, -0.15) is 11.8 Å². The molecule has 1 aromatic rings. The third-order valence-corrected chi connectivity index (χ3v) is 4.56. The van der Waals surface area contributed by atoms with Gasteiger partial charge < -0.3 is 5.32 Å². The van der Waals surface area contributed by atoms with Crippen LogP contribution in [0.25, 0.3) is 0 Å². The van der Waals surface area contributed by atoms with E-state index < -0.39 is 0 Å². The first-order chi connectivity index (χ1) is 7.72. The van der Waals surface area contributed by atoms with Gasteiger partial charge in [0, 0.05) is 4.88 Å². The SMILES string of the molecule is CCc1nc(C(CCCSC)NC)sc1C. The number of rotatable bonds is 7. The van der Waals surface area contributed by atoms with Crippen molar-refractivity contribution < 1.29 is 0 Å². The lowest BCUT2D eigenvalue weighted by Gasteiger charge is -2.12. The van der Waals surface area contributed by atoms with E-state index in [0.717, 1.165) is 6.42 Å². The molecule has 0 radical (unpaired) electrons. The van der Waals surface area contributed by atoms with Gasteiger partial charge in [-0.05, 0) is 45.2 Å². The second kappa shape index (κ2) is 7.30. The molecule has 2 nitrogen and oxygen atoms in total. The Hall–Kier alpha value is -0.0600. The lowest BCUT2D eigenvalue weighted by Crippen LogP contribution is -2.16. The smallest absolute Gasteiger partial charge is 0.110 e. The van der Waals surface area contributed by atoms with Gasteiger partial charge in [0.15, 0.2) is 0 Å². The van der Waals surface area contributed by atoms with Gasteiger partial charge in [0.25, 0.3) is 0 Å². The second-order valence-corrected chi connectivity index (χ2v) is 6.11. The van der Waals surface area contributed by atoms with Crippen LogP contribution in [0.2, 0.25) is 0 Å². The molecule has 92 valence electrons. The molecule has 0 saturated carbocycles. The Morgan fingerprint density at radius 2 is 2.25 bits per heavy atom. The average molecular weight is 258 g/mol. The van der Waals surface area contributed by atoms with Crippen LogP contribution in [0.5, 0.6) is 0 Å². The minimum absolute atomic E-state index is 0.441. The summed E-state index contributed by atoms with van der Waals surface area (Å²) in [6, 6.07) is 0.441. The zero-order valence-electron chi connectivity index (χ0n) is 10.7. The predicted octanol–water partition coefficient (Wildman–Crippen LogP) is 3.42. The number of nitrogens with one attached hydrogen (secondary N) is 1. The van der Waals surface area contributed by atoms with Crippen molar-refractivity contribution in [1.82, 2.24) is 10.3 Å². The normalized spacial score (nSPS) is 13.0. The summed E-state index contributed by atoms with van der Waals surface area (Å²) in [7, 11) is 2.03. The van der Waals surface area contributed by atoms with Gasteiger partial charge in [-0.1, -0.05) is 6.92 Å². The Bertz CT molecular complexity index is 310. The quantitative estimate of drug-likeness (QED) is 0.759. The van der Waals surface area contributed by atoms with Crippen LogP contribution in [0.1, 0.15) is 41.4 Å². The molecule has 1 rings (SSSR count). The molecule has 4 heteroatoms. The fourth-order valence-electron chi connectivity index (χ4n) is 1.75. The van der Waals surface area contributed by atoms with Gasteiger partial charge in [0.05, 0.1) is 11.7 Å². The second-order valence-electron chi connectivity index (χ2n) is 3.88. The van der Waals surface area contributed by atoms with E-state index in [1.807, 2.05) is 30.1 Å². The van der Waals surface area contributed by atoms with E-state index in [1.165, 1.54) is 34.2 Å². The number of thiazole rings is 1. The van der Waals surface area contributed by atoms with Crippen molar-refractivity contribution in [2.75, 3.05) is 19.1 Å². The van der Waals surface area contributed by atoms with Gasteiger partial charge >= 0.3 is 0 Å². The van der Waals surface area contributed by atoms with Crippen LogP contribution in [0, 0.1) is 6.92 Å². The summed E-state index contributed by atoms with van der Waals surface area (Å²) in [5, 5.41) is 4.64. The highest BCUT2D eigenvalue weighted by Gasteiger charge is 2.14. The largest absolute Gasteiger partial charge is 0.311 e. The van der Waals surface area contributed by atoms with E-state index in [9.17, 15) is 0 Å². The average Bonchev–Trinajstić information content (AvgIpc) is 2.66. The fraction of sp³-hybridized carbons (Fsp3) is 0.750. The first-order valence-electron chi connectivity index (χ1n) is 5.85. The zero-order valence-corrected chi connectivity index (χ0v) is 12.3. The molecular weight excluding hydrogens is 236 g/mol. The maximum atomic E-state index is 4.73. The van der Waals surface area contributed by atoms with Crippen LogP contribution in [0.15, 0.2) is 0 Å². The zero-order chi connectivity index (χ0) is 12.0. The van der Waals surface area contributed by atoms with Gasteiger partial charge in [-0.15, -0.1) is 11.3 Å². The molecule has 1 unspecified atom stereocenters. The number of aromatic nitrogens is 1. The summed E-state index contributed by atoms with van der Waals surface area (Å²) < 4.78 is 0. The van der Waals surface area contributed by atoms with Crippen LogP contribution in [-0.2, 0) is 6.42 Å². The van der Waals surface area contributed by atoms with Crippen LogP contribution in [-0.4, -0.2) is 24.0 Å². The third-order valence-electron chi connectivity index (χ3n) is 2.73. The molecule has 0 spiro atoms. The van der Waals surface area contributed by atoms with Crippen molar-refractivity contribution in [3.05, 3.63) is 15.6 Å². The molecule has 1 heterocycles. The van der Waals surface area contributed by atoms with E-state index in [0.29, 0.717) is 6.04 Å². The topological polar surface area (TPSA) is 24.9 Å². The highest BCUT2D eigenvalue weighted by atomic mass is 32.2. The standard InChI is InChI=1S/C12H22N2S2/c1-5-10-9(2)16-12(14-10)11(13-3)7-6-8-15-4/h11,13H,5-8H2,1-4H3. The molecule has 0 aliphatic heterocycles. The Morgan fingerprint density at radius 1 is 1.50 bits per heavy atom. The third kappa shape index (κ3) is 3.75. The Kier molecular flexibility index (Phi) is 6.39. The minimum atomic E-state index is 0.441. The molecule has 0 saturated heterocycles. The fourth-order valence-corrected chi connectivity index (χ4v) is 3.36. The molecule has 0 aromatic carbocycles. The Morgan fingerprint density at radius 3 is 2.75 bits per heavy atom. The van der Waals surface area contributed by atoms with E-state index in [4.69, 9.17) is 4.98 Å².